The molecule has 1 atom stereocenters. The number of aromatic nitrogens is 5. The molecule has 1 amide bonds. The van der Waals surface area contributed by atoms with E-state index in [-0.39, 0.29) is 11.8 Å². The van der Waals surface area contributed by atoms with Gasteiger partial charge in [-0.05, 0) is 49.3 Å². The van der Waals surface area contributed by atoms with E-state index in [1.54, 1.807) is 6.20 Å². The Kier molecular flexibility index (Phi) is 5.21. The molecule has 9 heteroatoms. The predicted octanol–water partition coefficient (Wildman–Crippen LogP) is 4.80. The van der Waals surface area contributed by atoms with Crippen molar-refractivity contribution in [1.29, 1.82) is 0 Å². The SMILES string of the molecule is CCCCc1nc(-c2nc(N)c3c(n2)NC(=O)C3(c2ccc(Cl)cc2)C2CCC2)cn2ccnc12. The number of halogens is 1. The number of hydrogen-bond acceptors (Lipinski definition) is 6. The molecule has 6 rings (SSSR count). The molecule has 3 aromatic heterocycles. The smallest absolute Gasteiger partial charge is 0.241 e. The molecule has 0 saturated heterocycles. The lowest BCUT2D eigenvalue weighted by atomic mass is 9.59. The summed E-state index contributed by atoms with van der Waals surface area (Å²) >= 11 is 6.16. The number of benzene rings is 1. The number of hydrogen-bond donors (Lipinski definition) is 2. The molecule has 1 fully saturated rings. The van der Waals surface area contributed by atoms with E-state index in [9.17, 15) is 4.79 Å². The number of unbranched alkanes of at least 4 members (excludes halogenated alkanes) is 1. The average molecular weight is 488 g/mol. The number of rotatable bonds is 6. The second-order valence-corrected chi connectivity index (χ2v) is 9.82. The van der Waals surface area contributed by atoms with Gasteiger partial charge < -0.3 is 15.5 Å². The van der Waals surface area contributed by atoms with Crippen molar-refractivity contribution >= 4 is 34.8 Å². The van der Waals surface area contributed by atoms with Gasteiger partial charge in [0.2, 0.25) is 5.91 Å². The molecule has 0 spiro atoms. The van der Waals surface area contributed by atoms with Crippen LogP contribution in [0, 0.1) is 5.92 Å². The molecule has 1 aromatic carbocycles. The highest BCUT2D eigenvalue weighted by atomic mass is 35.5. The summed E-state index contributed by atoms with van der Waals surface area (Å²) in [4.78, 5) is 32.5. The zero-order chi connectivity index (χ0) is 24.2. The van der Waals surface area contributed by atoms with Gasteiger partial charge in [0.15, 0.2) is 11.5 Å². The Hall–Kier alpha value is -3.52. The molecule has 4 aromatic rings. The van der Waals surface area contributed by atoms with Crippen LogP contribution < -0.4 is 11.1 Å². The normalized spacial score (nSPS) is 19.5. The Morgan fingerprint density at radius 3 is 2.71 bits per heavy atom. The van der Waals surface area contributed by atoms with Gasteiger partial charge in [-0.15, -0.1) is 0 Å². The number of imidazole rings is 1. The second-order valence-electron chi connectivity index (χ2n) is 9.39. The van der Waals surface area contributed by atoms with Crippen molar-refractivity contribution in [1.82, 2.24) is 24.3 Å². The van der Waals surface area contributed by atoms with Gasteiger partial charge in [-0.3, -0.25) is 4.79 Å². The molecule has 1 unspecified atom stereocenters. The molecule has 1 aliphatic carbocycles. The summed E-state index contributed by atoms with van der Waals surface area (Å²) in [7, 11) is 0. The zero-order valence-corrected chi connectivity index (χ0v) is 20.2. The summed E-state index contributed by atoms with van der Waals surface area (Å²) in [6, 6.07) is 7.46. The third kappa shape index (κ3) is 3.31. The third-order valence-corrected chi connectivity index (χ3v) is 7.63. The minimum absolute atomic E-state index is 0.112. The molecule has 1 aliphatic heterocycles. The summed E-state index contributed by atoms with van der Waals surface area (Å²) in [5.41, 5.74) is 9.55. The number of anilines is 2. The summed E-state index contributed by atoms with van der Waals surface area (Å²) < 4.78 is 1.94. The van der Waals surface area contributed by atoms with Crippen molar-refractivity contribution in [3.8, 4) is 11.5 Å². The van der Waals surface area contributed by atoms with Crippen molar-refractivity contribution in [2.45, 2.75) is 50.9 Å². The van der Waals surface area contributed by atoms with Crippen LogP contribution in [0.2, 0.25) is 5.02 Å². The minimum atomic E-state index is -0.922. The lowest BCUT2D eigenvalue weighted by Gasteiger charge is -2.41. The van der Waals surface area contributed by atoms with Crippen molar-refractivity contribution in [3.63, 3.8) is 0 Å². The van der Waals surface area contributed by atoms with Crippen LogP contribution in [0.1, 0.15) is 55.8 Å². The Bertz CT molecular complexity index is 1440. The first-order chi connectivity index (χ1) is 17.0. The maximum absolute atomic E-state index is 13.7. The van der Waals surface area contributed by atoms with Crippen LogP contribution in [-0.2, 0) is 16.6 Å². The Labute approximate surface area is 208 Å². The largest absolute Gasteiger partial charge is 0.383 e. The van der Waals surface area contributed by atoms with E-state index in [0.717, 1.165) is 55.4 Å². The first-order valence-corrected chi connectivity index (χ1v) is 12.5. The van der Waals surface area contributed by atoms with Crippen LogP contribution in [0.3, 0.4) is 0 Å². The van der Waals surface area contributed by atoms with Crippen LogP contribution in [0.15, 0.2) is 42.9 Å². The molecule has 35 heavy (non-hydrogen) atoms. The summed E-state index contributed by atoms with van der Waals surface area (Å²) in [5, 5.41) is 3.65. The van der Waals surface area contributed by atoms with Crippen molar-refractivity contribution in [3.05, 3.63) is 64.7 Å². The summed E-state index contributed by atoms with van der Waals surface area (Å²) in [6.07, 6.45) is 11.3. The lowest BCUT2D eigenvalue weighted by Crippen LogP contribution is -2.46. The third-order valence-electron chi connectivity index (χ3n) is 7.38. The van der Waals surface area contributed by atoms with E-state index >= 15 is 0 Å². The lowest BCUT2D eigenvalue weighted by molar-refractivity contribution is -0.122. The quantitative estimate of drug-likeness (QED) is 0.404. The minimum Gasteiger partial charge on any atom is -0.383 e. The van der Waals surface area contributed by atoms with E-state index in [1.807, 2.05) is 41.1 Å². The van der Waals surface area contributed by atoms with Crippen molar-refractivity contribution < 1.29 is 4.79 Å². The van der Waals surface area contributed by atoms with Gasteiger partial charge >= 0.3 is 0 Å². The molecule has 2 aliphatic rings. The van der Waals surface area contributed by atoms with Gasteiger partial charge in [-0.2, -0.15) is 0 Å². The van der Waals surface area contributed by atoms with Gasteiger partial charge in [0, 0.05) is 23.6 Å². The van der Waals surface area contributed by atoms with E-state index in [0.29, 0.717) is 33.7 Å². The molecular formula is C26H26ClN7O. The number of carbonyl (C=O) groups excluding carboxylic acids is 1. The molecule has 1 saturated carbocycles. The van der Waals surface area contributed by atoms with Crippen LogP contribution in [0.5, 0.6) is 0 Å². The van der Waals surface area contributed by atoms with Gasteiger partial charge in [0.05, 0.1) is 11.3 Å². The molecule has 4 heterocycles. The maximum atomic E-state index is 13.7. The molecule has 8 nitrogen and oxygen atoms in total. The number of amides is 1. The number of aryl methyl sites for hydroxylation is 1. The number of fused-ring (bicyclic) bond motifs is 2. The van der Waals surface area contributed by atoms with Gasteiger partial charge in [-0.25, -0.2) is 19.9 Å². The van der Waals surface area contributed by atoms with Crippen molar-refractivity contribution in [2.75, 3.05) is 11.1 Å². The fourth-order valence-electron chi connectivity index (χ4n) is 5.46. The number of nitrogens with zero attached hydrogens (tertiary/aromatic N) is 5. The first kappa shape index (κ1) is 22.0. The molecule has 3 N–H and O–H groups in total. The zero-order valence-electron chi connectivity index (χ0n) is 19.5. The van der Waals surface area contributed by atoms with Crippen LogP contribution in [0.25, 0.3) is 17.2 Å². The maximum Gasteiger partial charge on any atom is 0.241 e. The van der Waals surface area contributed by atoms with Crippen LogP contribution in [0.4, 0.5) is 11.6 Å². The Morgan fingerprint density at radius 1 is 1.20 bits per heavy atom. The molecule has 178 valence electrons. The fourth-order valence-corrected chi connectivity index (χ4v) is 5.59. The first-order valence-electron chi connectivity index (χ1n) is 12.1. The predicted molar refractivity (Wildman–Crippen MR) is 135 cm³/mol. The second kappa shape index (κ2) is 8.30. The topological polar surface area (TPSA) is 111 Å². The highest BCUT2D eigenvalue weighted by Crippen LogP contribution is 2.55. The molecular weight excluding hydrogens is 462 g/mol. The van der Waals surface area contributed by atoms with Gasteiger partial charge in [0.25, 0.3) is 0 Å². The molecule has 0 radical (unpaired) electrons. The number of nitrogens with one attached hydrogen (secondary N) is 1. The van der Waals surface area contributed by atoms with E-state index in [4.69, 9.17) is 32.3 Å². The monoisotopic (exact) mass is 487 g/mol. The molecule has 0 bridgehead atoms. The number of carbonyl (C=O) groups is 1. The van der Waals surface area contributed by atoms with Gasteiger partial charge in [0.1, 0.15) is 22.7 Å². The highest BCUT2D eigenvalue weighted by molar-refractivity contribution is 6.30. The highest BCUT2D eigenvalue weighted by Gasteiger charge is 2.57. The number of nitrogens with two attached hydrogens (primary N) is 1. The fraction of sp³-hybridized carbons (Fsp3) is 0.346. The van der Waals surface area contributed by atoms with Gasteiger partial charge in [-0.1, -0.05) is 43.5 Å². The van der Waals surface area contributed by atoms with E-state index in [2.05, 4.69) is 17.2 Å². The number of nitrogen functional groups attached to an aromatic ring is 1. The summed E-state index contributed by atoms with van der Waals surface area (Å²) in [6.45, 7) is 2.15. The van der Waals surface area contributed by atoms with Crippen molar-refractivity contribution in [2.24, 2.45) is 5.92 Å². The Morgan fingerprint density at radius 2 is 2.00 bits per heavy atom. The standard InChI is InChI=1S/C26H26ClN7O/c1-2-3-7-18-24-29-12-13-34(24)14-19(30-18)22-31-21(28)20-23(32-22)33-25(35)26(20,15-5-4-6-15)16-8-10-17(27)11-9-16/h8-15H,2-7H2,1H3,(H3,28,31,32,33,35). The van der Waals surface area contributed by atoms with Crippen LogP contribution >= 0.6 is 11.6 Å². The average Bonchev–Trinajstić information content (AvgIpc) is 3.40. The van der Waals surface area contributed by atoms with E-state index in [1.165, 1.54) is 0 Å². The van der Waals surface area contributed by atoms with E-state index < -0.39 is 5.41 Å². The van der Waals surface area contributed by atoms with Crippen LogP contribution in [-0.4, -0.2) is 30.2 Å². The summed E-state index contributed by atoms with van der Waals surface area (Å²) in [5.74, 6) is 1.16. The Balaban J connectivity index is 1.51.